The first-order valence-corrected chi connectivity index (χ1v) is 4.68. The van der Waals surface area contributed by atoms with E-state index in [-0.39, 0.29) is 11.7 Å². The van der Waals surface area contributed by atoms with Crippen molar-refractivity contribution >= 4 is 5.91 Å². The lowest BCUT2D eigenvalue weighted by atomic mass is 10.3. The van der Waals surface area contributed by atoms with Gasteiger partial charge in [-0.05, 0) is 18.6 Å². The van der Waals surface area contributed by atoms with Crippen LogP contribution in [0.15, 0.2) is 18.3 Å². The van der Waals surface area contributed by atoms with E-state index in [1.165, 1.54) is 12.3 Å². The van der Waals surface area contributed by atoms with E-state index in [9.17, 15) is 9.18 Å². The van der Waals surface area contributed by atoms with E-state index >= 15 is 0 Å². The molecule has 1 rings (SSSR count). The Balaban J connectivity index is 2.26. The summed E-state index contributed by atoms with van der Waals surface area (Å²) in [6, 6.07) is 3.10. The minimum Gasteiger partial charge on any atom is -0.489 e. The van der Waals surface area contributed by atoms with Gasteiger partial charge in [-0.15, -0.1) is 0 Å². The van der Waals surface area contributed by atoms with Gasteiger partial charge in [-0.3, -0.25) is 4.79 Å². The summed E-state index contributed by atoms with van der Waals surface area (Å²) in [5.41, 5.74) is 0. The average Bonchev–Trinajstić information content (AvgIpc) is 2.26. The summed E-state index contributed by atoms with van der Waals surface area (Å²) in [7, 11) is 1.57. The zero-order valence-electron chi connectivity index (χ0n) is 8.50. The molecular formula is C10H13FN2O2. The van der Waals surface area contributed by atoms with Crippen LogP contribution in [-0.4, -0.2) is 24.5 Å². The van der Waals surface area contributed by atoms with E-state index in [0.29, 0.717) is 19.4 Å². The number of nitrogens with zero attached hydrogens (tertiary/aromatic N) is 1. The van der Waals surface area contributed by atoms with Crippen molar-refractivity contribution in [2.75, 3.05) is 13.7 Å². The molecule has 1 aromatic rings. The lowest BCUT2D eigenvalue weighted by Gasteiger charge is -2.05. The van der Waals surface area contributed by atoms with Crippen molar-refractivity contribution < 1.29 is 13.9 Å². The molecule has 0 aliphatic heterocycles. The molecular weight excluding hydrogens is 199 g/mol. The highest BCUT2D eigenvalue weighted by Gasteiger charge is 2.03. The minimum absolute atomic E-state index is 0.0507. The van der Waals surface area contributed by atoms with Crippen LogP contribution < -0.4 is 10.1 Å². The van der Waals surface area contributed by atoms with Crippen LogP contribution in [0.25, 0.3) is 0 Å². The fourth-order valence-corrected chi connectivity index (χ4v) is 1.02. The Kier molecular flexibility index (Phi) is 4.53. The van der Waals surface area contributed by atoms with Crippen LogP contribution in [0.4, 0.5) is 4.39 Å². The summed E-state index contributed by atoms with van der Waals surface area (Å²) in [6.45, 7) is 0.302. The Morgan fingerprint density at radius 3 is 3.13 bits per heavy atom. The Labute approximate surface area is 87.5 Å². The number of nitrogens with one attached hydrogen (secondary N) is 1. The standard InChI is InChI=1S/C10H13FN2O2/c1-12-9(14)5-3-7-15-8-4-2-6-13-10(8)11/h2,4,6H,3,5,7H2,1H3,(H,12,14). The van der Waals surface area contributed by atoms with E-state index < -0.39 is 5.95 Å². The van der Waals surface area contributed by atoms with E-state index in [2.05, 4.69) is 10.3 Å². The monoisotopic (exact) mass is 212 g/mol. The maximum Gasteiger partial charge on any atom is 0.255 e. The SMILES string of the molecule is CNC(=O)CCCOc1cccnc1F. The van der Waals surface area contributed by atoms with E-state index in [1.807, 2.05) is 0 Å². The Hall–Kier alpha value is -1.65. The quantitative estimate of drug-likeness (QED) is 0.588. The number of carbonyl (C=O) groups excluding carboxylic acids is 1. The number of amides is 1. The predicted octanol–water partition coefficient (Wildman–Crippen LogP) is 1.13. The van der Waals surface area contributed by atoms with Gasteiger partial charge in [0, 0.05) is 19.7 Å². The zero-order chi connectivity index (χ0) is 11.1. The molecule has 0 saturated heterocycles. The molecule has 1 aromatic heterocycles. The van der Waals surface area contributed by atoms with Crippen LogP contribution in [0.2, 0.25) is 0 Å². The third-order valence-electron chi connectivity index (χ3n) is 1.81. The molecule has 0 atom stereocenters. The third-order valence-corrected chi connectivity index (χ3v) is 1.81. The highest BCUT2D eigenvalue weighted by Crippen LogP contribution is 2.12. The van der Waals surface area contributed by atoms with Crippen LogP contribution in [0.3, 0.4) is 0 Å². The molecule has 4 nitrogen and oxygen atoms in total. The summed E-state index contributed by atoms with van der Waals surface area (Å²) < 4.78 is 18.0. The van der Waals surface area contributed by atoms with Crippen molar-refractivity contribution in [1.29, 1.82) is 0 Å². The first-order valence-electron chi connectivity index (χ1n) is 4.68. The van der Waals surface area contributed by atoms with Gasteiger partial charge in [0.2, 0.25) is 5.91 Å². The molecule has 0 unspecified atom stereocenters. The number of ether oxygens (including phenoxy) is 1. The molecule has 0 aliphatic carbocycles. The van der Waals surface area contributed by atoms with Crippen LogP contribution >= 0.6 is 0 Å². The third kappa shape index (κ3) is 3.93. The van der Waals surface area contributed by atoms with Gasteiger partial charge in [-0.2, -0.15) is 4.39 Å². The molecule has 1 heterocycles. The summed E-state index contributed by atoms with van der Waals surface area (Å²) >= 11 is 0. The predicted molar refractivity (Wildman–Crippen MR) is 53.0 cm³/mol. The second kappa shape index (κ2) is 5.95. The van der Waals surface area contributed by atoms with Crippen LogP contribution in [0.1, 0.15) is 12.8 Å². The number of carbonyl (C=O) groups is 1. The summed E-state index contributed by atoms with van der Waals surface area (Å²) in [5, 5.41) is 2.49. The number of hydrogen-bond acceptors (Lipinski definition) is 3. The van der Waals surface area contributed by atoms with Gasteiger partial charge in [-0.1, -0.05) is 0 Å². The fourth-order valence-electron chi connectivity index (χ4n) is 1.02. The number of halogens is 1. The molecule has 0 fully saturated rings. The van der Waals surface area contributed by atoms with Crippen molar-refractivity contribution in [3.05, 3.63) is 24.3 Å². The molecule has 82 valence electrons. The van der Waals surface area contributed by atoms with Crippen LogP contribution in [0, 0.1) is 5.95 Å². The molecule has 0 aromatic carbocycles. The number of pyridine rings is 1. The minimum atomic E-state index is -0.627. The highest BCUT2D eigenvalue weighted by molar-refractivity contribution is 5.75. The van der Waals surface area contributed by atoms with Crippen molar-refractivity contribution in [3.63, 3.8) is 0 Å². The Morgan fingerprint density at radius 1 is 1.67 bits per heavy atom. The maximum absolute atomic E-state index is 12.9. The van der Waals surface area contributed by atoms with Gasteiger partial charge >= 0.3 is 0 Å². The largest absolute Gasteiger partial charge is 0.489 e. The molecule has 0 aliphatic rings. The highest BCUT2D eigenvalue weighted by atomic mass is 19.1. The van der Waals surface area contributed by atoms with Crippen molar-refractivity contribution in [1.82, 2.24) is 10.3 Å². The molecule has 0 bridgehead atoms. The second-order valence-electron chi connectivity index (χ2n) is 2.92. The maximum atomic E-state index is 12.9. The normalized spacial score (nSPS) is 9.73. The van der Waals surface area contributed by atoms with Crippen molar-refractivity contribution in [3.8, 4) is 5.75 Å². The molecule has 5 heteroatoms. The van der Waals surface area contributed by atoms with Gasteiger partial charge in [0.05, 0.1) is 6.61 Å². The first-order chi connectivity index (χ1) is 7.24. The lowest BCUT2D eigenvalue weighted by molar-refractivity contribution is -0.120. The Bertz CT molecular complexity index is 331. The summed E-state index contributed by atoms with van der Waals surface area (Å²) in [6.07, 6.45) is 2.28. The molecule has 1 amide bonds. The lowest BCUT2D eigenvalue weighted by Crippen LogP contribution is -2.18. The number of aromatic nitrogens is 1. The number of hydrogen-bond donors (Lipinski definition) is 1. The molecule has 0 radical (unpaired) electrons. The van der Waals surface area contributed by atoms with E-state index in [1.54, 1.807) is 13.1 Å². The zero-order valence-corrected chi connectivity index (χ0v) is 8.50. The topological polar surface area (TPSA) is 51.2 Å². The average molecular weight is 212 g/mol. The first kappa shape index (κ1) is 11.4. The van der Waals surface area contributed by atoms with Gasteiger partial charge in [-0.25, -0.2) is 4.98 Å². The van der Waals surface area contributed by atoms with Crippen molar-refractivity contribution in [2.45, 2.75) is 12.8 Å². The van der Waals surface area contributed by atoms with Gasteiger partial charge < -0.3 is 10.1 Å². The van der Waals surface area contributed by atoms with Gasteiger partial charge in [0.15, 0.2) is 5.75 Å². The smallest absolute Gasteiger partial charge is 0.255 e. The Morgan fingerprint density at radius 2 is 2.47 bits per heavy atom. The molecule has 0 spiro atoms. The summed E-state index contributed by atoms with van der Waals surface area (Å²) in [5.74, 6) is -0.558. The molecule has 0 saturated carbocycles. The van der Waals surface area contributed by atoms with Crippen LogP contribution in [-0.2, 0) is 4.79 Å². The summed E-state index contributed by atoms with van der Waals surface area (Å²) in [4.78, 5) is 14.3. The van der Waals surface area contributed by atoms with Crippen LogP contribution in [0.5, 0.6) is 5.75 Å². The molecule has 15 heavy (non-hydrogen) atoms. The van der Waals surface area contributed by atoms with E-state index in [4.69, 9.17) is 4.74 Å². The van der Waals surface area contributed by atoms with Gasteiger partial charge in [0.25, 0.3) is 5.95 Å². The number of rotatable bonds is 5. The molecule has 1 N–H and O–H groups in total. The second-order valence-corrected chi connectivity index (χ2v) is 2.92. The van der Waals surface area contributed by atoms with Crippen molar-refractivity contribution in [2.24, 2.45) is 0 Å². The van der Waals surface area contributed by atoms with Gasteiger partial charge in [0.1, 0.15) is 0 Å². The van der Waals surface area contributed by atoms with E-state index in [0.717, 1.165) is 0 Å². The fraction of sp³-hybridized carbons (Fsp3) is 0.400.